The van der Waals surface area contributed by atoms with Crippen LogP contribution in [0.2, 0.25) is 0 Å². The molecule has 5 unspecified atom stereocenters. The van der Waals surface area contributed by atoms with Gasteiger partial charge >= 0.3 is 15.6 Å². The molecule has 0 aromatic carbocycles. The highest BCUT2D eigenvalue weighted by atomic mass is 31.2. The first-order chi connectivity index (χ1) is 22.8. The Kier molecular flexibility index (Phi) is 9.43. The number of fused-ring (bicyclic) bond motifs is 2. The zero-order valence-corrected chi connectivity index (χ0v) is 26.0. The van der Waals surface area contributed by atoms with Crippen molar-refractivity contribution in [1.82, 2.24) is 39.0 Å². The molecule has 2 aliphatic heterocycles. The SMILES string of the molecule is Nc1nc2c(ncn2[C@@H]2O[C@H](COP(=O)(O)COC3[C@@H](CO)O[C@@H](n4cnc5c(=O)[nH]c(N)nc54)[C@H]3O)C(O)C2OC[P+](=O)O)c(=O)[nH]1. The third kappa shape index (κ3) is 6.48. The summed E-state index contributed by atoms with van der Waals surface area (Å²) in [5, 5.41) is 31.8. The maximum Gasteiger partial charge on any atom is 0.534 e. The molecule has 6 rings (SSSR count). The average Bonchev–Trinajstić information content (AvgIpc) is 3.77. The lowest BCUT2D eigenvalue weighted by molar-refractivity contribution is -0.0632. The summed E-state index contributed by atoms with van der Waals surface area (Å²) in [6.07, 6.45) is -10.6. The minimum Gasteiger partial charge on any atom is -0.394 e. The van der Waals surface area contributed by atoms with Gasteiger partial charge in [-0.05, 0) is 4.57 Å². The van der Waals surface area contributed by atoms with Gasteiger partial charge in [0, 0.05) is 0 Å². The van der Waals surface area contributed by atoms with Crippen molar-refractivity contribution in [3.8, 4) is 0 Å². The van der Waals surface area contributed by atoms with E-state index in [1.54, 1.807) is 0 Å². The summed E-state index contributed by atoms with van der Waals surface area (Å²) in [6, 6.07) is 0. The lowest BCUT2D eigenvalue weighted by atomic mass is 10.1. The van der Waals surface area contributed by atoms with Gasteiger partial charge in [-0.25, -0.2) is 9.97 Å². The molecular formula is C22H29N10O14P2+. The quantitative estimate of drug-likeness (QED) is 0.0642. The predicted molar refractivity (Wildman–Crippen MR) is 157 cm³/mol. The van der Waals surface area contributed by atoms with Gasteiger partial charge in [0.05, 0.1) is 25.9 Å². The second-order valence-corrected chi connectivity index (χ2v) is 13.4. The number of imidazole rings is 2. The van der Waals surface area contributed by atoms with Gasteiger partial charge in [-0.3, -0.25) is 33.3 Å². The van der Waals surface area contributed by atoms with Crippen molar-refractivity contribution >= 4 is 49.8 Å². The van der Waals surface area contributed by atoms with Crippen LogP contribution in [0.15, 0.2) is 22.2 Å². The monoisotopic (exact) mass is 719 g/mol. The molecule has 2 aliphatic rings. The number of hydrogen-bond donors (Lipinski definition) is 9. The minimum absolute atomic E-state index is 0.0369. The summed E-state index contributed by atoms with van der Waals surface area (Å²) in [5.74, 6) is -0.488. The molecule has 24 nitrogen and oxygen atoms in total. The summed E-state index contributed by atoms with van der Waals surface area (Å²) in [7, 11) is -7.49. The molecule has 48 heavy (non-hydrogen) atoms. The van der Waals surface area contributed by atoms with Crippen molar-refractivity contribution in [2.24, 2.45) is 0 Å². The van der Waals surface area contributed by atoms with Crippen LogP contribution in [-0.2, 0) is 32.6 Å². The Bertz CT molecular complexity index is 2000. The summed E-state index contributed by atoms with van der Waals surface area (Å²) in [6.45, 7) is -1.42. The van der Waals surface area contributed by atoms with Crippen molar-refractivity contribution in [3.63, 3.8) is 0 Å². The smallest absolute Gasteiger partial charge is 0.394 e. The summed E-state index contributed by atoms with van der Waals surface area (Å²) in [5.41, 5.74) is 9.60. The molecule has 0 spiro atoms. The van der Waals surface area contributed by atoms with Crippen molar-refractivity contribution in [1.29, 1.82) is 0 Å². The van der Waals surface area contributed by atoms with Gasteiger partial charge in [0.2, 0.25) is 11.9 Å². The maximum absolute atomic E-state index is 13.0. The topological polar surface area (TPSA) is 361 Å². The molecule has 0 radical (unpaired) electrons. The highest BCUT2D eigenvalue weighted by molar-refractivity contribution is 7.52. The highest BCUT2D eigenvalue weighted by Crippen LogP contribution is 2.45. The Labute approximate surface area is 266 Å². The Hall–Kier alpha value is -3.77. The van der Waals surface area contributed by atoms with Gasteiger partial charge < -0.3 is 55.2 Å². The van der Waals surface area contributed by atoms with Gasteiger partial charge in [-0.2, -0.15) is 14.9 Å². The number of aliphatic hydroxyl groups is 3. The lowest BCUT2D eigenvalue weighted by Crippen LogP contribution is -2.37. The van der Waals surface area contributed by atoms with Crippen LogP contribution in [-0.4, -0.2) is 127 Å². The van der Waals surface area contributed by atoms with Crippen LogP contribution < -0.4 is 22.6 Å². The molecule has 4 aromatic heterocycles. The van der Waals surface area contributed by atoms with E-state index in [4.69, 9.17) is 34.9 Å². The normalized spacial score (nSPS) is 29.1. The van der Waals surface area contributed by atoms with Crippen LogP contribution in [0.1, 0.15) is 12.5 Å². The minimum atomic E-state index is -4.68. The number of H-pyrrole nitrogens is 2. The van der Waals surface area contributed by atoms with Crippen molar-refractivity contribution in [3.05, 3.63) is 33.4 Å². The maximum atomic E-state index is 13.0. The van der Waals surface area contributed by atoms with Crippen LogP contribution >= 0.6 is 15.6 Å². The van der Waals surface area contributed by atoms with E-state index in [-0.39, 0.29) is 34.2 Å². The number of aromatic nitrogens is 8. The number of rotatable bonds is 12. The zero-order valence-electron chi connectivity index (χ0n) is 24.2. The Balaban J connectivity index is 1.14. The highest BCUT2D eigenvalue weighted by Gasteiger charge is 2.49. The number of anilines is 2. The van der Waals surface area contributed by atoms with Crippen LogP contribution in [0.4, 0.5) is 11.9 Å². The fourth-order valence-corrected chi connectivity index (χ4v) is 6.49. The van der Waals surface area contributed by atoms with E-state index in [2.05, 4.69) is 29.9 Å². The van der Waals surface area contributed by atoms with Crippen molar-refractivity contribution in [2.75, 3.05) is 37.4 Å². The van der Waals surface area contributed by atoms with Crippen LogP contribution in [0.25, 0.3) is 22.3 Å². The van der Waals surface area contributed by atoms with E-state index in [1.165, 1.54) is 9.13 Å². The fraction of sp³-hybridized carbons (Fsp3) is 0.545. The number of aromatic amines is 2. The summed E-state index contributed by atoms with van der Waals surface area (Å²) in [4.78, 5) is 64.7. The number of nitrogens with one attached hydrogen (secondary N) is 2. The molecule has 11 N–H and O–H groups in total. The van der Waals surface area contributed by atoms with E-state index in [0.29, 0.717) is 0 Å². The van der Waals surface area contributed by atoms with Crippen LogP contribution in [0, 0.1) is 0 Å². The largest absolute Gasteiger partial charge is 0.534 e. The Morgan fingerprint density at radius 1 is 0.917 bits per heavy atom. The standard InChI is InChI=1S/C22H28N10O14P2/c23-21-27-15-9(17(36)29-21)25-3-31(15)19-12(35)13(7(1-33)45-19)43-6-48(40,41)44-2-8-11(34)14(42-5-47(38)39)20(46-8)32-4-26-10-16(32)28-22(24)30-18(10)37/h3-4,7-8,11-14,19-20,33-35H,1-2,5-6H2,(H7-,23,24,27,28,29,30,36,37,38,39,40,41)/p+1/t7-,8-,11?,12+,13?,14?,19-,20-/m1/s1. The molecule has 0 saturated carbocycles. The van der Waals surface area contributed by atoms with Gasteiger partial charge in [-0.15, -0.1) is 0 Å². The van der Waals surface area contributed by atoms with Crippen molar-refractivity contribution < 1.29 is 57.7 Å². The second kappa shape index (κ2) is 13.3. The van der Waals surface area contributed by atoms with E-state index in [9.17, 15) is 43.8 Å². The molecule has 2 saturated heterocycles. The number of nitrogen functional groups attached to an aromatic ring is 2. The molecule has 0 amide bonds. The zero-order chi connectivity index (χ0) is 34.5. The van der Waals surface area contributed by atoms with Crippen molar-refractivity contribution in [2.45, 2.75) is 49.1 Å². The third-order valence-electron chi connectivity index (χ3n) is 7.50. The average molecular weight is 719 g/mol. The van der Waals surface area contributed by atoms with Crippen LogP contribution in [0.5, 0.6) is 0 Å². The van der Waals surface area contributed by atoms with E-state index in [1.807, 2.05) is 0 Å². The molecule has 4 aromatic rings. The Morgan fingerprint density at radius 2 is 1.48 bits per heavy atom. The molecule has 0 bridgehead atoms. The molecular weight excluding hydrogens is 690 g/mol. The number of nitrogens with zero attached hydrogens (tertiary/aromatic N) is 6. The summed E-state index contributed by atoms with van der Waals surface area (Å²) < 4.78 is 54.2. The third-order valence-corrected chi connectivity index (χ3v) is 8.90. The predicted octanol–water partition coefficient (Wildman–Crippen LogP) is -3.45. The second-order valence-electron chi connectivity index (χ2n) is 10.7. The first kappa shape index (κ1) is 34.1. The molecule has 2 fully saturated rings. The molecule has 0 aliphatic carbocycles. The van der Waals surface area contributed by atoms with Gasteiger partial charge in [-0.1, -0.05) is 0 Å². The van der Waals surface area contributed by atoms with Crippen LogP contribution in [0.3, 0.4) is 0 Å². The van der Waals surface area contributed by atoms with Gasteiger partial charge in [0.25, 0.3) is 17.5 Å². The summed E-state index contributed by atoms with van der Waals surface area (Å²) >= 11 is 0. The molecule has 26 heteroatoms. The van der Waals surface area contributed by atoms with Gasteiger partial charge in [0.15, 0.2) is 34.8 Å². The first-order valence-corrected chi connectivity index (χ1v) is 17.0. The van der Waals surface area contributed by atoms with E-state index < -0.39 is 102 Å². The van der Waals surface area contributed by atoms with E-state index >= 15 is 0 Å². The first-order valence-electron chi connectivity index (χ1n) is 13.8. The molecule has 10 atom stereocenters. The van der Waals surface area contributed by atoms with Gasteiger partial charge in [0.1, 0.15) is 43.0 Å². The lowest BCUT2D eigenvalue weighted by Gasteiger charge is -2.22. The number of aliphatic hydroxyl groups excluding tert-OH is 3. The molecule has 6 heterocycles. The fourth-order valence-electron chi connectivity index (χ4n) is 5.38. The number of ether oxygens (including phenoxy) is 4. The Morgan fingerprint density at radius 3 is 2.04 bits per heavy atom. The molecule has 260 valence electrons. The van der Waals surface area contributed by atoms with E-state index in [0.717, 1.165) is 12.7 Å². The number of hydrogen-bond acceptors (Lipinski definition) is 18. The number of nitrogens with two attached hydrogens (primary N) is 2.